The summed E-state index contributed by atoms with van der Waals surface area (Å²) >= 11 is 1.81. The Hall–Kier alpha value is -0.910. The van der Waals surface area contributed by atoms with Gasteiger partial charge in [-0.1, -0.05) is 6.92 Å². The number of carbonyl (C=O) groups is 1. The van der Waals surface area contributed by atoms with E-state index in [1.165, 1.54) is 10.4 Å². The van der Waals surface area contributed by atoms with Crippen molar-refractivity contribution in [2.24, 2.45) is 5.41 Å². The number of hydrogen-bond donors (Lipinski definition) is 1. The van der Waals surface area contributed by atoms with Crippen molar-refractivity contribution in [2.75, 3.05) is 32.8 Å². The molecule has 0 unspecified atom stereocenters. The molecular formula is C18H28N2O2S. The highest BCUT2D eigenvalue weighted by Crippen LogP contribution is 2.34. The second-order valence-corrected chi connectivity index (χ2v) is 8.04. The average molecular weight is 337 g/mol. The molecule has 23 heavy (non-hydrogen) atoms. The van der Waals surface area contributed by atoms with Crippen molar-refractivity contribution in [1.29, 1.82) is 0 Å². The second kappa shape index (κ2) is 7.32. The quantitative estimate of drug-likeness (QED) is 0.898. The molecule has 2 aliphatic heterocycles. The number of amides is 1. The Morgan fingerprint density at radius 3 is 2.83 bits per heavy atom. The molecule has 128 valence electrons. The molecule has 1 fully saturated rings. The molecule has 3 heterocycles. The summed E-state index contributed by atoms with van der Waals surface area (Å²) in [4.78, 5) is 18.3. The van der Waals surface area contributed by atoms with Crippen molar-refractivity contribution in [3.05, 3.63) is 21.9 Å². The minimum absolute atomic E-state index is 0.128. The van der Waals surface area contributed by atoms with Crippen LogP contribution in [0.3, 0.4) is 0 Å². The Morgan fingerprint density at radius 2 is 2.13 bits per heavy atom. The minimum Gasteiger partial charge on any atom is -0.396 e. The molecule has 1 aromatic rings. The SMILES string of the molecule is CCC1(CO)CCN(CCC(=O)N2CCc3sccc3C2)CC1. The summed E-state index contributed by atoms with van der Waals surface area (Å²) in [5, 5.41) is 11.7. The summed E-state index contributed by atoms with van der Waals surface area (Å²) in [5.41, 5.74) is 1.46. The molecule has 0 bridgehead atoms. The van der Waals surface area contributed by atoms with E-state index in [1.54, 1.807) is 0 Å². The van der Waals surface area contributed by atoms with Crippen LogP contribution >= 0.6 is 11.3 Å². The number of aliphatic hydroxyl groups is 1. The lowest BCUT2D eigenvalue weighted by Crippen LogP contribution is -2.43. The van der Waals surface area contributed by atoms with Gasteiger partial charge in [0.15, 0.2) is 0 Å². The summed E-state index contributed by atoms with van der Waals surface area (Å²) < 4.78 is 0. The van der Waals surface area contributed by atoms with Crippen molar-refractivity contribution in [3.8, 4) is 0 Å². The molecule has 2 aliphatic rings. The maximum absolute atomic E-state index is 12.5. The highest BCUT2D eigenvalue weighted by molar-refractivity contribution is 7.10. The van der Waals surface area contributed by atoms with Crippen molar-refractivity contribution in [3.63, 3.8) is 0 Å². The van der Waals surface area contributed by atoms with Gasteiger partial charge in [-0.15, -0.1) is 11.3 Å². The van der Waals surface area contributed by atoms with Crippen LogP contribution in [-0.2, 0) is 17.8 Å². The topological polar surface area (TPSA) is 43.8 Å². The maximum Gasteiger partial charge on any atom is 0.224 e. The van der Waals surface area contributed by atoms with E-state index < -0.39 is 0 Å². The molecule has 1 aromatic heterocycles. The number of nitrogens with zero attached hydrogens (tertiary/aromatic N) is 2. The predicted molar refractivity (Wildman–Crippen MR) is 93.5 cm³/mol. The third kappa shape index (κ3) is 3.78. The van der Waals surface area contributed by atoms with Gasteiger partial charge in [0.1, 0.15) is 0 Å². The molecule has 0 radical (unpaired) electrons. The summed E-state index contributed by atoms with van der Waals surface area (Å²) in [5.74, 6) is 0.288. The van der Waals surface area contributed by atoms with Gasteiger partial charge >= 0.3 is 0 Å². The van der Waals surface area contributed by atoms with E-state index in [0.29, 0.717) is 13.0 Å². The molecule has 0 aromatic carbocycles. The standard InChI is InChI=1S/C18H28N2O2S/c1-2-18(14-21)6-10-19(11-7-18)8-4-17(22)20-9-3-16-15(13-20)5-12-23-16/h5,12,21H,2-4,6-11,13-14H2,1H3. The van der Waals surface area contributed by atoms with Gasteiger partial charge in [-0.25, -0.2) is 0 Å². The zero-order chi connectivity index (χ0) is 16.3. The summed E-state index contributed by atoms with van der Waals surface area (Å²) in [6.45, 7) is 7.01. The van der Waals surface area contributed by atoms with E-state index in [-0.39, 0.29) is 11.3 Å². The molecule has 0 atom stereocenters. The first-order valence-corrected chi connectivity index (χ1v) is 9.70. The highest BCUT2D eigenvalue weighted by atomic mass is 32.1. The van der Waals surface area contributed by atoms with E-state index in [0.717, 1.165) is 58.4 Å². The Morgan fingerprint density at radius 1 is 1.35 bits per heavy atom. The molecular weight excluding hydrogens is 308 g/mol. The van der Waals surface area contributed by atoms with E-state index in [4.69, 9.17) is 0 Å². The molecule has 4 nitrogen and oxygen atoms in total. The fourth-order valence-electron chi connectivity index (χ4n) is 3.75. The van der Waals surface area contributed by atoms with E-state index >= 15 is 0 Å². The lowest BCUT2D eigenvalue weighted by atomic mass is 9.77. The van der Waals surface area contributed by atoms with Gasteiger partial charge in [0.2, 0.25) is 5.91 Å². The highest BCUT2D eigenvalue weighted by Gasteiger charge is 2.32. The van der Waals surface area contributed by atoms with Gasteiger partial charge in [-0.3, -0.25) is 4.79 Å². The zero-order valence-electron chi connectivity index (χ0n) is 14.1. The molecule has 1 N–H and O–H groups in total. The van der Waals surface area contributed by atoms with Gasteiger partial charge in [-0.2, -0.15) is 0 Å². The van der Waals surface area contributed by atoms with E-state index in [9.17, 15) is 9.90 Å². The van der Waals surface area contributed by atoms with E-state index in [2.05, 4.69) is 23.3 Å². The summed E-state index contributed by atoms with van der Waals surface area (Å²) in [6.07, 6.45) is 4.79. The van der Waals surface area contributed by atoms with Crippen LogP contribution in [0.4, 0.5) is 0 Å². The molecule has 5 heteroatoms. The van der Waals surface area contributed by atoms with Gasteiger partial charge < -0.3 is 14.9 Å². The fraction of sp³-hybridized carbons (Fsp3) is 0.722. The van der Waals surface area contributed by atoms with Gasteiger partial charge in [0, 0.05) is 37.5 Å². The van der Waals surface area contributed by atoms with E-state index in [1.807, 2.05) is 16.2 Å². The van der Waals surface area contributed by atoms with Crippen LogP contribution in [-0.4, -0.2) is 53.6 Å². The lowest BCUT2D eigenvalue weighted by Gasteiger charge is -2.40. The largest absolute Gasteiger partial charge is 0.396 e. The smallest absolute Gasteiger partial charge is 0.224 e. The number of piperidine rings is 1. The van der Waals surface area contributed by atoms with Crippen molar-refractivity contribution in [1.82, 2.24) is 9.80 Å². The number of carbonyl (C=O) groups excluding carboxylic acids is 1. The molecule has 1 amide bonds. The first-order chi connectivity index (χ1) is 11.2. The van der Waals surface area contributed by atoms with Crippen LogP contribution < -0.4 is 0 Å². The first-order valence-electron chi connectivity index (χ1n) is 8.82. The zero-order valence-corrected chi connectivity index (χ0v) is 14.9. The van der Waals surface area contributed by atoms with Crippen LogP contribution in [0.5, 0.6) is 0 Å². The molecule has 0 spiro atoms. The molecule has 3 rings (SSSR count). The van der Waals surface area contributed by atoms with Crippen molar-refractivity contribution in [2.45, 2.75) is 45.6 Å². The maximum atomic E-state index is 12.5. The Bertz CT molecular complexity index is 529. The fourth-order valence-corrected chi connectivity index (χ4v) is 4.64. The number of fused-ring (bicyclic) bond motifs is 1. The second-order valence-electron chi connectivity index (χ2n) is 7.04. The number of rotatable bonds is 5. The predicted octanol–water partition coefficient (Wildman–Crippen LogP) is 2.51. The normalized spacial score (nSPS) is 21.2. The summed E-state index contributed by atoms with van der Waals surface area (Å²) in [7, 11) is 0. The van der Waals surface area contributed by atoms with Gasteiger partial charge in [0.05, 0.1) is 0 Å². The molecule has 0 saturated carbocycles. The average Bonchev–Trinajstić information content (AvgIpc) is 3.08. The number of aliphatic hydroxyl groups excluding tert-OH is 1. The molecule has 0 aliphatic carbocycles. The van der Waals surface area contributed by atoms with Crippen LogP contribution in [0.2, 0.25) is 0 Å². The third-order valence-electron chi connectivity index (χ3n) is 5.80. The monoisotopic (exact) mass is 336 g/mol. The van der Waals surface area contributed by atoms with Crippen LogP contribution in [0, 0.1) is 5.41 Å². The van der Waals surface area contributed by atoms with Crippen molar-refractivity contribution < 1.29 is 9.90 Å². The molecule has 1 saturated heterocycles. The minimum atomic E-state index is 0.128. The number of thiophene rings is 1. The number of hydrogen-bond acceptors (Lipinski definition) is 4. The van der Waals surface area contributed by atoms with Crippen LogP contribution in [0.1, 0.15) is 43.0 Å². The van der Waals surface area contributed by atoms with Crippen LogP contribution in [0.15, 0.2) is 11.4 Å². The van der Waals surface area contributed by atoms with Crippen LogP contribution in [0.25, 0.3) is 0 Å². The Labute approximate surface area is 143 Å². The lowest BCUT2D eigenvalue weighted by molar-refractivity contribution is -0.132. The van der Waals surface area contributed by atoms with Crippen molar-refractivity contribution >= 4 is 17.2 Å². The Balaban J connectivity index is 1.44. The van der Waals surface area contributed by atoms with Gasteiger partial charge in [-0.05, 0) is 61.2 Å². The summed E-state index contributed by atoms with van der Waals surface area (Å²) in [6, 6.07) is 2.16. The first kappa shape index (κ1) is 16.9. The van der Waals surface area contributed by atoms with Gasteiger partial charge in [0.25, 0.3) is 0 Å². The third-order valence-corrected chi connectivity index (χ3v) is 6.83. The number of likely N-dealkylation sites (tertiary alicyclic amines) is 1. The Kier molecular flexibility index (Phi) is 5.39.